The van der Waals surface area contributed by atoms with Gasteiger partial charge in [-0.3, -0.25) is 5.41 Å². The van der Waals surface area contributed by atoms with Crippen molar-refractivity contribution >= 4 is 17.4 Å². The van der Waals surface area contributed by atoms with E-state index in [1.54, 1.807) is 13.2 Å². The van der Waals surface area contributed by atoms with Gasteiger partial charge in [-0.25, -0.2) is 4.98 Å². The number of nitrogens with one attached hydrogen (secondary N) is 1. The summed E-state index contributed by atoms with van der Waals surface area (Å²) in [7, 11) is 1.65. The van der Waals surface area contributed by atoms with Crippen LogP contribution in [-0.2, 0) is 9.47 Å². The lowest BCUT2D eigenvalue weighted by molar-refractivity contribution is 0.0796. The van der Waals surface area contributed by atoms with E-state index in [0.29, 0.717) is 32.0 Å². The molecule has 19 heavy (non-hydrogen) atoms. The van der Waals surface area contributed by atoms with Crippen LogP contribution in [0.25, 0.3) is 0 Å². The van der Waals surface area contributed by atoms with E-state index in [-0.39, 0.29) is 16.7 Å². The third kappa shape index (κ3) is 5.42. The predicted molar refractivity (Wildman–Crippen MR) is 73.1 cm³/mol. The van der Waals surface area contributed by atoms with Crippen molar-refractivity contribution in [1.82, 2.24) is 4.98 Å². The molecular formula is C12H18ClN3O3. The number of nitrogens with zero attached hydrogens (tertiary/aromatic N) is 1. The first-order chi connectivity index (χ1) is 9.16. The number of hydrogen-bond acceptors (Lipinski definition) is 5. The molecule has 3 N–H and O–H groups in total. The van der Waals surface area contributed by atoms with Gasteiger partial charge in [0.15, 0.2) is 0 Å². The van der Waals surface area contributed by atoms with E-state index >= 15 is 0 Å². The van der Waals surface area contributed by atoms with E-state index in [1.807, 2.05) is 0 Å². The van der Waals surface area contributed by atoms with E-state index < -0.39 is 0 Å². The van der Waals surface area contributed by atoms with Crippen LogP contribution in [0.3, 0.4) is 0 Å². The summed E-state index contributed by atoms with van der Waals surface area (Å²) in [5.74, 6) is 0.142. The number of nitrogens with two attached hydrogens (primary N) is 1. The Morgan fingerprint density at radius 3 is 2.84 bits per heavy atom. The number of pyridine rings is 1. The highest BCUT2D eigenvalue weighted by Crippen LogP contribution is 2.24. The van der Waals surface area contributed by atoms with Gasteiger partial charge in [0.2, 0.25) is 5.88 Å². The molecule has 0 unspecified atom stereocenters. The largest absolute Gasteiger partial charge is 0.474 e. The minimum absolute atomic E-state index is 0.118. The zero-order valence-corrected chi connectivity index (χ0v) is 11.6. The molecular weight excluding hydrogens is 270 g/mol. The number of hydrogen-bond donors (Lipinski definition) is 2. The van der Waals surface area contributed by atoms with Crippen molar-refractivity contribution in [3.63, 3.8) is 0 Å². The van der Waals surface area contributed by atoms with E-state index in [9.17, 15) is 0 Å². The Labute approximate surface area is 117 Å². The van der Waals surface area contributed by atoms with Crippen LogP contribution in [-0.4, -0.2) is 44.4 Å². The molecule has 0 bridgehead atoms. The molecule has 6 nitrogen and oxygen atoms in total. The van der Waals surface area contributed by atoms with Gasteiger partial charge in [-0.2, -0.15) is 0 Å². The molecule has 1 heterocycles. The average molecular weight is 288 g/mol. The first kappa shape index (κ1) is 15.7. The number of amidine groups is 1. The van der Waals surface area contributed by atoms with E-state index in [4.69, 9.17) is 37.0 Å². The molecule has 0 radical (unpaired) electrons. The molecule has 0 aliphatic rings. The highest BCUT2D eigenvalue weighted by atomic mass is 35.5. The first-order valence-corrected chi connectivity index (χ1v) is 6.23. The smallest absolute Gasteiger partial charge is 0.233 e. The zero-order valence-electron chi connectivity index (χ0n) is 10.8. The monoisotopic (exact) mass is 287 g/mol. The second-order valence-electron chi connectivity index (χ2n) is 3.70. The van der Waals surface area contributed by atoms with Gasteiger partial charge < -0.3 is 19.9 Å². The van der Waals surface area contributed by atoms with Crippen LogP contribution in [0.1, 0.15) is 12.0 Å². The first-order valence-electron chi connectivity index (χ1n) is 5.85. The number of methoxy groups -OCH3 is 1. The fourth-order valence-corrected chi connectivity index (χ4v) is 1.61. The number of ether oxygens (including phenoxy) is 3. The lowest BCUT2D eigenvalue weighted by atomic mass is 10.2. The maximum absolute atomic E-state index is 7.35. The molecule has 0 atom stereocenters. The molecule has 1 aromatic heterocycles. The Hall–Kier alpha value is -1.37. The standard InChI is InChI=1S/C12H18ClN3O3/c1-17-5-2-6-18-7-8-19-12-10(13)9(11(14)15)3-4-16-12/h3-4H,2,5-8H2,1H3,(H3,14,15). The minimum atomic E-state index is -0.118. The lowest BCUT2D eigenvalue weighted by Gasteiger charge is -2.09. The Bertz CT molecular complexity index is 415. The third-order valence-electron chi connectivity index (χ3n) is 2.25. The Kier molecular flexibility index (Phi) is 7.17. The van der Waals surface area contributed by atoms with Gasteiger partial charge in [0.1, 0.15) is 17.5 Å². The van der Waals surface area contributed by atoms with Crippen molar-refractivity contribution in [2.45, 2.75) is 6.42 Å². The van der Waals surface area contributed by atoms with Crippen LogP contribution < -0.4 is 10.5 Å². The molecule has 1 aromatic rings. The van der Waals surface area contributed by atoms with Gasteiger partial charge in [0.25, 0.3) is 0 Å². The van der Waals surface area contributed by atoms with E-state index in [0.717, 1.165) is 6.42 Å². The maximum Gasteiger partial charge on any atom is 0.233 e. The van der Waals surface area contributed by atoms with Gasteiger partial charge >= 0.3 is 0 Å². The normalized spacial score (nSPS) is 10.4. The number of nitrogen functional groups attached to an aromatic ring is 1. The van der Waals surface area contributed by atoms with Crippen molar-refractivity contribution in [3.8, 4) is 5.88 Å². The average Bonchev–Trinajstić information content (AvgIpc) is 2.39. The van der Waals surface area contributed by atoms with Gasteiger partial charge in [0, 0.05) is 32.1 Å². The Balaban J connectivity index is 2.33. The van der Waals surface area contributed by atoms with Crippen molar-refractivity contribution in [2.75, 3.05) is 33.5 Å². The molecule has 0 spiro atoms. The van der Waals surface area contributed by atoms with Gasteiger partial charge in [-0.05, 0) is 12.5 Å². The fourth-order valence-electron chi connectivity index (χ4n) is 1.34. The summed E-state index contributed by atoms with van der Waals surface area (Å²) < 4.78 is 15.6. The van der Waals surface area contributed by atoms with Gasteiger partial charge in [-0.15, -0.1) is 0 Å². The molecule has 0 amide bonds. The highest BCUT2D eigenvalue weighted by molar-refractivity contribution is 6.35. The summed E-state index contributed by atoms with van der Waals surface area (Å²) in [6.07, 6.45) is 2.34. The van der Waals surface area contributed by atoms with Crippen molar-refractivity contribution in [3.05, 3.63) is 22.8 Å². The van der Waals surface area contributed by atoms with Crippen LogP contribution in [0, 0.1) is 5.41 Å². The molecule has 0 saturated carbocycles. The Morgan fingerprint density at radius 2 is 2.16 bits per heavy atom. The SMILES string of the molecule is COCCCOCCOc1nccc(C(=N)N)c1Cl. The topological polar surface area (TPSA) is 90.5 Å². The minimum Gasteiger partial charge on any atom is -0.474 e. The summed E-state index contributed by atoms with van der Waals surface area (Å²) in [5, 5.41) is 7.60. The molecule has 0 aliphatic carbocycles. The van der Waals surface area contributed by atoms with Crippen LogP contribution in [0.4, 0.5) is 0 Å². The van der Waals surface area contributed by atoms with Crippen LogP contribution in [0.2, 0.25) is 5.02 Å². The second kappa shape index (κ2) is 8.68. The summed E-state index contributed by atoms with van der Waals surface area (Å²) in [6, 6.07) is 1.57. The molecule has 0 fully saturated rings. The molecule has 0 aromatic carbocycles. The van der Waals surface area contributed by atoms with Crippen LogP contribution in [0.5, 0.6) is 5.88 Å². The highest BCUT2D eigenvalue weighted by Gasteiger charge is 2.10. The number of rotatable bonds is 9. The summed E-state index contributed by atoms with van der Waals surface area (Å²) >= 11 is 6.02. The van der Waals surface area contributed by atoms with Gasteiger partial charge in [0.05, 0.1) is 6.61 Å². The van der Waals surface area contributed by atoms with Gasteiger partial charge in [-0.1, -0.05) is 11.6 Å². The molecule has 0 saturated heterocycles. The second-order valence-corrected chi connectivity index (χ2v) is 4.08. The van der Waals surface area contributed by atoms with Crippen molar-refractivity contribution in [1.29, 1.82) is 5.41 Å². The quantitative estimate of drug-likeness (QED) is 0.407. The summed E-state index contributed by atoms with van der Waals surface area (Å²) in [4.78, 5) is 3.99. The molecule has 1 rings (SSSR count). The Morgan fingerprint density at radius 1 is 1.37 bits per heavy atom. The maximum atomic E-state index is 7.35. The molecule has 106 valence electrons. The zero-order chi connectivity index (χ0) is 14.1. The van der Waals surface area contributed by atoms with Crippen LogP contribution in [0.15, 0.2) is 12.3 Å². The lowest BCUT2D eigenvalue weighted by Crippen LogP contribution is -2.14. The fraction of sp³-hybridized carbons (Fsp3) is 0.500. The predicted octanol–water partition coefficient (Wildman–Crippen LogP) is 1.45. The molecule has 7 heteroatoms. The molecule has 0 aliphatic heterocycles. The van der Waals surface area contributed by atoms with E-state index in [2.05, 4.69) is 4.98 Å². The number of halogens is 1. The van der Waals surface area contributed by atoms with Crippen LogP contribution >= 0.6 is 11.6 Å². The summed E-state index contributed by atoms with van der Waals surface area (Å²) in [5.41, 5.74) is 5.80. The third-order valence-corrected chi connectivity index (χ3v) is 2.62. The van der Waals surface area contributed by atoms with E-state index in [1.165, 1.54) is 6.20 Å². The summed E-state index contributed by atoms with van der Waals surface area (Å²) in [6.45, 7) is 2.06. The van der Waals surface area contributed by atoms with Crippen molar-refractivity contribution in [2.24, 2.45) is 5.73 Å². The number of aromatic nitrogens is 1. The van der Waals surface area contributed by atoms with Crippen molar-refractivity contribution < 1.29 is 14.2 Å².